The van der Waals surface area contributed by atoms with Crippen LogP contribution in [0, 0.1) is 9.64 Å². The van der Waals surface area contributed by atoms with Crippen molar-refractivity contribution in [1.29, 1.82) is 0 Å². The molecule has 1 heteroatoms. The second-order valence-corrected chi connectivity index (χ2v) is 4.64. The molecule has 0 bridgehead atoms. The van der Waals surface area contributed by atoms with Crippen molar-refractivity contribution in [2.24, 2.45) is 0 Å². The van der Waals surface area contributed by atoms with E-state index in [2.05, 4.69) is 72.0 Å². The summed E-state index contributed by atoms with van der Waals surface area (Å²) in [4.78, 5) is 0. The smallest absolute Gasteiger partial charge is 0.0209 e. The average Bonchev–Trinajstić information content (AvgIpc) is 2.30. The van der Waals surface area contributed by atoms with E-state index < -0.39 is 0 Å². The molecule has 2 rings (SSSR count). The molecule has 0 spiro atoms. The first-order valence-electron chi connectivity index (χ1n) is 5.06. The average molecular weight is 307 g/mol. The van der Waals surface area contributed by atoms with Gasteiger partial charge in [-0.2, -0.15) is 0 Å². The SMILES string of the molecule is CCc1ccc(-c2c[c]c(I)cc2)cc1. The first kappa shape index (κ1) is 10.7. The molecule has 0 aliphatic heterocycles. The Hall–Kier alpha value is -0.830. The molecule has 0 saturated heterocycles. The van der Waals surface area contributed by atoms with Crippen LogP contribution in [-0.2, 0) is 6.42 Å². The van der Waals surface area contributed by atoms with E-state index in [4.69, 9.17) is 0 Å². The van der Waals surface area contributed by atoms with Crippen LogP contribution in [-0.4, -0.2) is 0 Å². The minimum atomic E-state index is 1.10. The van der Waals surface area contributed by atoms with Crippen molar-refractivity contribution >= 4 is 22.6 Å². The van der Waals surface area contributed by atoms with Gasteiger partial charge < -0.3 is 0 Å². The molecule has 0 aliphatic carbocycles. The standard InChI is InChI=1S/C14H12I/c1-2-11-3-5-12(6-4-11)13-7-9-14(15)10-8-13/h3-9H,2H2,1H3. The lowest BCUT2D eigenvalue weighted by Gasteiger charge is -2.02. The second kappa shape index (κ2) is 4.79. The number of hydrogen-bond donors (Lipinski definition) is 0. The van der Waals surface area contributed by atoms with Crippen LogP contribution in [0.1, 0.15) is 12.5 Å². The Morgan fingerprint density at radius 3 is 2.20 bits per heavy atom. The lowest BCUT2D eigenvalue weighted by atomic mass is 10.0. The molecular weight excluding hydrogens is 295 g/mol. The molecule has 0 nitrogen and oxygen atoms in total. The monoisotopic (exact) mass is 307 g/mol. The number of halogens is 1. The minimum absolute atomic E-state index is 1.10. The van der Waals surface area contributed by atoms with Crippen LogP contribution >= 0.6 is 22.6 Å². The topological polar surface area (TPSA) is 0 Å². The van der Waals surface area contributed by atoms with E-state index in [1.807, 2.05) is 6.07 Å². The van der Waals surface area contributed by atoms with E-state index in [9.17, 15) is 0 Å². The lowest BCUT2D eigenvalue weighted by molar-refractivity contribution is 1.14. The molecule has 2 aromatic carbocycles. The van der Waals surface area contributed by atoms with E-state index in [0.717, 1.165) is 9.99 Å². The van der Waals surface area contributed by atoms with Gasteiger partial charge in [-0.1, -0.05) is 37.3 Å². The highest BCUT2D eigenvalue weighted by molar-refractivity contribution is 14.1. The Balaban J connectivity index is 2.33. The van der Waals surface area contributed by atoms with Gasteiger partial charge in [-0.15, -0.1) is 0 Å². The van der Waals surface area contributed by atoms with Crippen LogP contribution in [0.2, 0.25) is 0 Å². The maximum Gasteiger partial charge on any atom is 0.0209 e. The van der Waals surface area contributed by atoms with Gasteiger partial charge in [0.05, 0.1) is 0 Å². The van der Waals surface area contributed by atoms with Gasteiger partial charge in [0, 0.05) is 3.57 Å². The fourth-order valence-corrected chi connectivity index (χ4v) is 1.85. The van der Waals surface area contributed by atoms with E-state index in [-0.39, 0.29) is 0 Å². The molecule has 0 unspecified atom stereocenters. The summed E-state index contributed by atoms with van der Waals surface area (Å²) in [5.74, 6) is 0. The van der Waals surface area contributed by atoms with Gasteiger partial charge in [0.1, 0.15) is 0 Å². The number of aryl methyl sites for hydroxylation is 1. The number of benzene rings is 2. The van der Waals surface area contributed by atoms with Gasteiger partial charge in [-0.05, 0) is 63.9 Å². The Morgan fingerprint density at radius 2 is 1.67 bits per heavy atom. The van der Waals surface area contributed by atoms with Gasteiger partial charge in [-0.3, -0.25) is 0 Å². The summed E-state index contributed by atoms with van der Waals surface area (Å²) in [6, 6.07) is 18.2. The maximum absolute atomic E-state index is 3.21. The zero-order valence-corrected chi connectivity index (χ0v) is 10.8. The van der Waals surface area contributed by atoms with Crippen LogP contribution in [0.15, 0.2) is 42.5 Å². The van der Waals surface area contributed by atoms with Crippen molar-refractivity contribution in [3.05, 3.63) is 57.7 Å². The molecule has 2 aromatic rings. The fourth-order valence-electron chi connectivity index (χ4n) is 1.52. The molecule has 0 atom stereocenters. The van der Waals surface area contributed by atoms with Gasteiger partial charge in [0.2, 0.25) is 0 Å². The third-order valence-corrected chi connectivity index (χ3v) is 3.14. The molecule has 75 valence electrons. The molecule has 0 aromatic heterocycles. The fraction of sp³-hybridized carbons (Fsp3) is 0.143. The highest BCUT2D eigenvalue weighted by Crippen LogP contribution is 2.20. The Kier molecular flexibility index (Phi) is 3.41. The van der Waals surface area contributed by atoms with Crippen LogP contribution in [0.25, 0.3) is 11.1 Å². The zero-order chi connectivity index (χ0) is 10.7. The third kappa shape index (κ3) is 2.59. The second-order valence-electron chi connectivity index (χ2n) is 3.48. The molecule has 1 radical (unpaired) electrons. The van der Waals surface area contributed by atoms with Gasteiger partial charge >= 0.3 is 0 Å². The first-order chi connectivity index (χ1) is 7.29. The summed E-state index contributed by atoms with van der Waals surface area (Å²) in [6.07, 6.45) is 1.10. The van der Waals surface area contributed by atoms with Crippen molar-refractivity contribution in [1.82, 2.24) is 0 Å². The predicted molar refractivity (Wildman–Crippen MR) is 72.8 cm³/mol. The lowest BCUT2D eigenvalue weighted by Crippen LogP contribution is -1.81. The quantitative estimate of drug-likeness (QED) is 0.725. The van der Waals surface area contributed by atoms with Crippen LogP contribution in [0.5, 0.6) is 0 Å². The zero-order valence-electron chi connectivity index (χ0n) is 8.63. The Bertz CT molecular complexity index is 426. The largest absolute Gasteiger partial charge is 0.0613 e. The maximum atomic E-state index is 3.21. The summed E-state index contributed by atoms with van der Waals surface area (Å²) in [5.41, 5.74) is 3.88. The summed E-state index contributed by atoms with van der Waals surface area (Å²) in [5, 5.41) is 0. The van der Waals surface area contributed by atoms with Crippen molar-refractivity contribution in [3.63, 3.8) is 0 Å². The van der Waals surface area contributed by atoms with Crippen LogP contribution < -0.4 is 0 Å². The first-order valence-corrected chi connectivity index (χ1v) is 6.14. The van der Waals surface area contributed by atoms with Gasteiger partial charge in [0.25, 0.3) is 0 Å². The van der Waals surface area contributed by atoms with Crippen molar-refractivity contribution in [2.75, 3.05) is 0 Å². The number of rotatable bonds is 2. The van der Waals surface area contributed by atoms with Crippen molar-refractivity contribution in [3.8, 4) is 11.1 Å². The van der Waals surface area contributed by atoms with E-state index in [1.165, 1.54) is 16.7 Å². The predicted octanol–water partition coefficient (Wildman–Crippen LogP) is 4.32. The third-order valence-electron chi connectivity index (χ3n) is 2.47. The minimum Gasteiger partial charge on any atom is -0.0613 e. The van der Waals surface area contributed by atoms with Gasteiger partial charge in [-0.25, -0.2) is 0 Å². The van der Waals surface area contributed by atoms with Crippen molar-refractivity contribution < 1.29 is 0 Å². The molecule has 0 heterocycles. The normalized spacial score (nSPS) is 10.3. The van der Waals surface area contributed by atoms with E-state index >= 15 is 0 Å². The molecule has 0 fully saturated rings. The van der Waals surface area contributed by atoms with E-state index in [0.29, 0.717) is 0 Å². The van der Waals surface area contributed by atoms with Crippen molar-refractivity contribution in [2.45, 2.75) is 13.3 Å². The Labute approximate surface area is 104 Å². The van der Waals surface area contributed by atoms with Crippen LogP contribution in [0.3, 0.4) is 0 Å². The highest BCUT2D eigenvalue weighted by atomic mass is 127. The molecule has 0 saturated carbocycles. The molecule has 0 amide bonds. The summed E-state index contributed by atoms with van der Waals surface area (Å²) < 4.78 is 1.15. The molecule has 0 N–H and O–H groups in total. The highest BCUT2D eigenvalue weighted by Gasteiger charge is 1.97. The summed E-state index contributed by atoms with van der Waals surface area (Å²) in [7, 11) is 0. The summed E-state index contributed by atoms with van der Waals surface area (Å²) in [6.45, 7) is 2.17. The molecule has 0 aliphatic rings. The van der Waals surface area contributed by atoms with Crippen LogP contribution in [0.4, 0.5) is 0 Å². The number of hydrogen-bond acceptors (Lipinski definition) is 0. The Morgan fingerprint density at radius 1 is 1.00 bits per heavy atom. The molecule has 15 heavy (non-hydrogen) atoms. The molecular formula is C14H12I. The van der Waals surface area contributed by atoms with Gasteiger partial charge in [0.15, 0.2) is 0 Å². The summed E-state index contributed by atoms with van der Waals surface area (Å²) >= 11 is 2.27. The van der Waals surface area contributed by atoms with E-state index in [1.54, 1.807) is 0 Å².